The van der Waals surface area contributed by atoms with E-state index in [1.54, 1.807) is 22.2 Å². The molecule has 0 saturated carbocycles. The molecule has 1 unspecified atom stereocenters. The minimum Gasteiger partial charge on any atom is -0.347 e. The quantitative estimate of drug-likeness (QED) is 0.740. The molecular formula is C16H23N5O2S. The number of carbonyl (C=O) groups is 2. The number of aromatic nitrogens is 2. The first-order chi connectivity index (χ1) is 11.5. The SMILES string of the molecule is CC(CNC(=O)C(=O)Nc1cnn(CCN(C)C)c1)c1cccs1. The molecule has 2 heterocycles. The lowest BCUT2D eigenvalue weighted by Crippen LogP contribution is -2.37. The number of hydrogen-bond donors (Lipinski definition) is 2. The zero-order chi connectivity index (χ0) is 17.5. The van der Waals surface area contributed by atoms with Crippen LogP contribution >= 0.6 is 11.3 Å². The number of carbonyl (C=O) groups excluding carboxylic acids is 2. The second kappa shape index (κ2) is 8.60. The Morgan fingerprint density at radius 1 is 1.38 bits per heavy atom. The Morgan fingerprint density at radius 3 is 2.83 bits per heavy atom. The van der Waals surface area contributed by atoms with E-state index in [0.717, 1.165) is 6.54 Å². The van der Waals surface area contributed by atoms with Gasteiger partial charge in [-0.25, -0.2) is 0 Å². The summed E-state index contributed by atoms with van der Waals surface area (Å²) in [6.45, 7) is 4.00. The van der Waals surface area contributed by atoms with Crippen molar-refractivity contribution in [2.24, 2.45) is 0 Å². The van der Waals surface area contributed by atoms with Crippen LogP contribution in [0.3, 0.4) is 0 Å². The lowest BCUT2D eigenvalue weighted by Gasteiger charge is -2.10. The molecule has 0 saturated heterocycles. The molecule has 0 aliphatic heterocycles. The number of hydrogen-bond acceptors (Lipinski definition) is 5. The highest BCUT2D eigenvalue weighted by atomic mass is 32.1. The van der Waals surface area contributed by atoms with Crippen molar-refractivity contribution < 1.29 is 9.59 Å². The Labute approximate surface area is 145 Å². The molecule has 24 heavy (non-hydrogen) atoms. The summed E-state index contributed by atoms with van der Waals surface area (Å²) in [5, 5.41) is 11.4. The fraction of sp³-hybridized carbons (Fsp3) is 0.438. The molecule has 0 aliphatic carbocycles. The summed E-state index contributed by atoms with van der Waals surface area (Å²) in [6, 6.07) is 3.99. The third-order valence-corrected chi connectivity index (χ3v) is 4.58. The average Bonchev–Trinajstić information content (AvgIpc) is 3.21. The summed E-state index contributed by atoms with van der Waals surface area (Å²) < 4.78 is 1.73. The fourth-order valence-corrected chi connectivity index (χ4v) is 2.83. The maximum Gasteiger partial charge on any atom is 0.313 e. The van der Waals surface area contributed by atoms with Gasteiger partial charge in [0.15, 0.2) is 0 Å². The van der Waals surface area contributed by atoms with Crippen LogP contribution in [0.25, 0.3) is 0 Å². The van der Waals surface area contributed by atoms with Gasteiger partial charge in [-0.2, -0.15) is 5.10 Å². The number of amides is 2. The van der Waals surface area contributed by atoms with Crippen molar-refractivity contribution in [2.45, 2.75) is 19.4 Å². The Kier molecular flexibility index (Phi) is 6.51. The number of likely N-dealkylation sites (N-methyl/N-ethyl adjacent to an activating group) is 1. The molecule has 0 spiro atoms. The molecule has 130 valence electrons. The van der Waals surface area contributed by atoms with Crippen LogP contribution in [0.1, 0.15) is 17.7 Å². The maximum absolute atomic E-state index is 11.9. The van der Waals surface area contributed by atoms with Crippen LogP contribution in [0, 0.1) is 0 Å². The minimum atomic E-state index is -0.680. The predicted octanol–water partition coefficient (Wildman–Crippen LogP) is 1.36. The van der Waals surface area contributed by atoms with Crippen LogP contribution in [-0.4, -0.2) is 53.7 Å². The van der Waals surface area contributed by atoms with E-state index in [1.807, 2.05) is 43.4 Å². The van der Waals surface area contributed by atoms with Crippen LogP contribution in [0.2, 0.25) is 0 Å². The van der Waals surface area contributed by atoms with Gasteiger partial charge in [-0.1, -0.05) is 13.0 Å². The summed E-state index contributed by atoms with van der Waals surface area (Å²) in [4.78, 5) is 27.0. The number of nitrogens with zero attached hydrogens (tertiary/aromatic N) is 3. The molecule has 1 atom stereocenters. The Hall–Kier alpha value is -2.19. The summed E-state index contributed by atoms with van der Waals surface area (Å²) in [6.07, 6.45) is 3.25. The first-order valence-electron chi connectivity index (χ1n) is 7.75. The lowest BCUT2D eigenvalue weighted by molar-refractivity contribution is -0.136. The van der Waals surface area contributed by atoms with Gasteiger partial charge in [0, 0.05) is 30.1 Å². The van der Waals surface area contributed by atoms with Crippen LogP contribution in [0.4, 0.5) is 5.69 Å². The zero-order valence-corrected chi connectivity index (χ0v) is 15.0. The molecule has 0 aliphatic rings. The first kappa shape index (κ1) is 18.2. The largest absolute Gasteiger partial charge is 0.347 e. The van der Waals surface area contributed by atoms with Gasteiger partial charge in [0.25, 0.3) is 0 Å². The highest BCUT2D eigenvalue weighted by molar-refractivity contribution is 7.10. The third kappa shape index (κ3) is 5.47. The summed E-state index contributed by atoms with van der Waals surface area (Å²) in [5.74, 6) is -1.14. The highest BCUT2D eigenvalue weighted by Gasteiger charge is 2.16. The van der Waals surface area contributed by atoms with Gasteiger partial charge in [-0.15, -0.1) is 11.3 Å². The molecule has 2 aromatic heterocycles. The Balaban J connectivity index is 1.78. The summed E-state index contributed by atoms with van der Waals surface area (Å²) >= 11 is 1.64. The predicted molar refractivity (Wildman–Crippen MR) is 95.2 cm³/mol. The summed E-state index contributed by atoms with van der Waals surface area (Å²) in [7, 11) is 3.96. The third-order valence-electron chi connectivity index (χ3n) is 3.47. The van der Waals surface area contributed by atoms with E-state index in [0.29, 0.717) is 18.8 Å². The van der Waals surface area contributed by atoms with Crippen molar-refractivity contribution in [3.63, 3.8) is 0 Å². The number of rotatable bonds is 7. The van der Waals surface area contributed by atoms with Crippen molar-refractivity contribution in [1.82, 2.24) is 20.0 Å². The molecule has 2 N–H and O–H groups in total. The monoisotopic (exact) mass is 349 g/mol. The fourth-order valence-electron chi connectivity index (χ4n) is 2.04. The van der Waals surface area contributed by atoms with E-state index in [1.165, 1.54) is 11.1 Å². The standard InChI is InChI=1S/C16H23N5O2S/c1-12(14-5-4-8-24-14)9-17-15(22)16(23)19-13-10-18-21(11-13)7-6-20(2)3/h4-5,8,10-12H,6-7,9H2,1-3H3,(H,17,22)(H,19,23). The van der Waals surface area contributed by atoms with Gasteiger partial charge in [-0.3, -0.25) is 14.3 Å². The van der Waals surface area contributed by atoms with Crippen molar-refractivity contribution in [3.8, 4) is 0 Å². The van der Waals surface area contributed by atoms with Crippen molar-refractivity contribution in [3.05, 3.63) is 34.8 Å². The van der Waals surface area contributed by atoms with Gasteiger partial charge < -0.3 is 15.5 Å². The second-order valence-electron chi connectivity index (χ2n) is 5.88. The van der Waals surface area contributed by atoms with Gasteiger partial charge in [0.1, 0.15) is 0 Å². The zero-order valence-electron chi connectivity index (χ0n) is 14.2. The van der Waals surface area contributed by atoms with E-state index in [4.69, 9.17) is 0 Å². The van der Waals surface area contributed by atoms with Crippen molar-refractivity contribution in [2.75, 3.05) is 32.5 Å². The molecule has 7 nitrogen and oxygen atoms in total. The van der Waals surface area contributed by atoms with Crippen molar-refractivity contribution in [1.29, 1.82) is 0 Å². The molecule has 2 rings (SSSR count). The van der Waals surface area contributed by atoms with E-state index < -0.39 is 11.8 Å². The van der Waals surface area contributed by atoms with Crippen LogP contribution < -0.4 is 10.6 Å². The van der Waals surface area contributed by atoms with Crippen LogP contribution in [0.5, 0.6) is 0 Å². The molecule has 8 heteroatoms. The number of nitrogens with one attached hydrogen (secondary N) is 2. The Bertz CT molecular complexity index is 666. The van der Waals surface area contributed by atoms with Gasteiger partial charge in [-0.05, 0) is 25.5 Å². The minimum absolute atomic E-state index is 0.176. The van der Waals surface area contributed by atoms with Crippen molar-refractivity contribution >= 4 is 28.8 Å². The second-order valence-corrected chi connectivity index (χ2v) is 6.86. The van der Waals surface area contributed by atoms with Gasteiger partial charge >= 0.3 is 11.8 Å². The topological polar surface area (TPSA) is 79.3 Å². The molecule has 0 fully saturated rings. The molecule has 2 aromatic rings. The highest BCUT2D eigenvalue weighted by Crippen LogP contribution is 2.19. The van der Waals surface area contributed by atoms with Gasteiger partial charge in [0.05, 0.1) is 18.4 Å². The Morgan fingerprint density at radius 2 is 2.17 bits per heavy atom. The summed E-state index contributed by atoms with van der Waals surface area (Å²) in [5.41, 5.74) is 0.514. The molecule has 0 aromatic carbocycles. The van der Waals surface area contributed by atoms with E-state index in [2.05, 4.69) is 15.7 Å². The van der Waals surface area contributed by atoms with E-state index >= 15 is 0 Å². The molecular weight excluding hydrogens is 326 g/mol. The molecule has 2 amide bonds. The smallest absolute Gasteiger partial charge is 0.313 e. The van der Waals surface area contributed by atoms with E-state index in [-0.39, 0.29) is 5.92 Å². The molecule has 0 radical (unpaired) electrons. The number of thiophene rings is 1. The van der Waals surface area contributed by atoms with Crippen LogP contribution in [0.15, 0.2) is 29.9 Å². The lowest BCUT2D eigenvalue weighted by atomic mass is 10.1. The molecule has 0 bridgehead atoms. The van der Waals surface area contributed by atoms with Gasteiger partial charge in [0.2, 0.25) is 0 Å². The van der Waals surface area contributed by atoms with Crippen LogP contribution in [-0.2, 0) is 16.1 Å². The maximum atomic E-state index is 11.9. The van der Waals surface area contributed by atoms with E-state index in [9.17, 15) is 9.59 Å². The first-order valence-corrected chi connectivity index (χ1v) is 8.63. The average molecular weight is 349 g/mol. The normalized spacial score (nSPS) is 12.2. The number of anilines is 1.